The Labute approximate surface area is 394 Å². The average molecular weight is 972 g/mol. The van der Waals surface area contributed by atoms with Crippen LogP contribution in [0, 0.1) is 29.1 Å². The topological polar surface area (TPSA) is 167 Å². The number of hydrogen-bond donors (Lipinski definition) is 1. The first-order chi connectivity index (χ1) is 31.9. The summed E-state index contributed by atoms with van der Waals surface area (Å²) in [5.74, 6) is -4.44. The van der Waals surface area contributed by atoms with Crippen molar-refractivity contribution in [2.45, 2.75) is 134 Å². The van der Waals surface area contributed by atoms with Crippen molar-refractivity contribution in [2.75, 3.05) is 20.3 Å². The average Bonchev–Trinajstić information content (AvgIpc) is 4.17. The molecule has 0 spiro atoms. The van der Waals surface area contributed by atoms with Crippen LogP contribution in [-0.2, 0) is 33.9 Å². The molecule has 370 valence electrons. The van der Waals surface area contributed by atoms with Gasteiger partial charge in [0.1, 0.15) is 29.0 Å². The van der Waals surface area contributed by atoms with Gasteiger partial charge >= 0.3 is 12.1 Å². The van der Waals surface area contributed by atoms with Gasteiger partial charge in [0.15, 0.2) is 5.78 Å². The van der Waals surface area contributed by atoms with Gasteiger partial charge in [-0.05, 0) is 138 Å². The molecular weight excluding hydrogens is 911 g/mol. The van der Waals surface area contributed by atoms with E-state index in [2.05, 4.69) is 4.72 Å². The normalized spacial score (nSPS) is 27.0. The van der Waals surface area contributed by atoms with Crippen LogP contribution in [0.25, 0.3) is 22.0 Å². The lowest BCUT2D eigenvalue weighted by Crippen LogP contribution is -2.49. The molecule has 7 atom stereocenters. The minimum atomic E-state index is -4.90. The third-order valence-corrected chi connectivity index (χ3v) is 16.2. The number of aromatic nitrogens is 1. The number of nitrogens with zero attached hydrogens (tertiary/aromatic N) is 2. The van der Waals surface area contributed by atoms with Gasteiger partial charge in [-0.1, -0.05) is 26.0 Å². The van der Waals surface area contributed by atoms with Gasteiger partial charge in [-0.15, -0.1) is 0 Å². The molecule has 0 bridgehead atoms. The highest BCUT2D eigenvalue weighted by Crippen LogP contribution is 2.58. The Bertz CT molecular complexity index is 2550. The summed E-state index contributed by atoms with van der Waals surface area (Å²) in [5.41, 5.74) is -3.14. The predicted octanol–water partition coefficient (Wildman–Crippen LogP) is 8.86. The number of esters is 1. The van der Waals surface area contributed by atoms with Gasteiger partial charge in [0.2, 0.25) is 33.3 Å². The van der Waals surface area contributed by atoms with Crippen molar-refractivity contribution in [1.29, 1.82) is 0 Å². The summed E-state index contributed by atoms with van der Waals surface area (Å²) < 4.78 is 106. The number of ether oxygens (including phenoxy) is 4. The summed E-state index contributed by atoms with van der Waals surface area (Å²) in [7, 11) is -2.91. The van der Waals surface area contributed by atoms with Gasteiger partial charge in [-0.3, -0.25) is 23.9 Å². The zero-order valence-electron chi connectivity index (χ0n) is 39.5. The van der Waals surface area contributed by atoms with E-state index in [0.29, 0.717) is 47.2 Å². The number of halogens is 4. The number of hydrogen-bond acceptors (Lipinski definition) is 11. The van der Waals surface area contributed by atoms with Gasteiger partial charge in [0.05, 0.1) is 49.2 Å². The van der Waals surface area contributed by atoms with Gasteiger partial charge in [-0.2, -0.15) is 13.2 Å². The molecule has 13 nitrogen and oxygen atoms in total. The van der Waals surface area contributed by atoms with E-state index in [-0.39, 0.29) is 50.1 Å². The summed E-state index contributed by atoms with van der Waals surface area (Å²) in [6.45, 7) is 7.59. The molecule has 3 aromatic rings. The van der Waals surface area contributed by atoms with Crippen LogP contribution in [0.1, 0.15) is 99.3 Å². The van der Waals surface area contributed by atoms with Crippen molar-refractivity contribution >= 4 is 44.4 Å². The van der Waals surface area contributed by atoms with Crippen molar-refractivity contribution in [3.05, 3.63) is 60.7 Å². The standard InChI is InChI=1S/C50H61F4N3O10S/c1-29(2)65-35-14-12-32(13-15-35)40-22-33-21-36(64-7)16-17-38(33)44(55-40)66-37-23-41-42(58)26-49(46(61)56-68(62,63)48(28-51)18-19-48)25-34(49)11-9-8-10-30(3)20-31(4)39(45(60)57(41)27-37)24-43(59)67-47(5,6)50(52,53)54/h9,11-17,21-22,29-31,34,37,39,41H,8,10,18-20,23-28H2,1-7H3,(H,56,61)/b11-9-/t30-,31-,34-,37-,39+,41+,49-/m1/s1. The number of alkyl halides is 4. The molecule has 1 N–H and O–H groups in total. The maximum Gasteiger partial charge on any atom is 0.427 e. The number of Topliss-reactive ketones (excluding diaryl/α,β-unsaturated/α-hetero) is 1. The molecule has 3 heterocycles. The van der Waals surface area contributed by atoms with Crippen molar-refractivity contribution in [1.82, 2.24) is 14.6 Å². The van der Waals surface area contributed by atoms with Gasteiger partial charge in [0, 0.05) is 23.8 Å². The molecule has 2 saturated carbocycles. The molecule has 2 aliphatic carbocycles. The number of methoxy groups -OCH3 is 1. The van der Waals surface area contributed by atoms with Crippen LogP contribution in [0.5, 0.6) is 17.4 Å². The van der Waals surface area contributed by atoms with Crippen LogP contribution >= 0.6 is 0 Å². The van der Waals surface area contributed by atoms with Crippen molar-refractivity contribution < 1.29 is 64.1 Å². The van der Waals surface area contributed by atoms with Gasteiger partial charge in [0.25, 0.3) is 0 Å². The van der Waals surface area contributed by atoms with E-state index in [1.807, 2.05) is 63.2 Å². The second kappa shape index (κ2) is 19.3. The van der Waals surface area contributed by atoms with E-state index in [1.165, 1.54) is 12.0 Å². The van der Waals surface area contributed by atoms with Crippen LogP contribution in [0.15, 0.2) is 60.7 Å². The maximum absolute atomic E-state index is 15.1. The monoisotopic (exact) mass is 971 g/mol. The van der Waals surface area contributed by atoms with E-state index in [1.54, 1.807) is 25.1 Å². The van der Waals surface area contributed by atoms with Crippen molar-refractivity contribution in [3.8, 4) is 28.6 Å². The van der Waals surface area contributed by atoms with Gasteiger partial charge < -0.3 is 23.8 Å². The van der Waals surface area contributed by atoms with Gasteiger partial charge in [-0.25, -0.2) is 17.8 Å². The highest BCUT2D eigenvalue weighted by molar-refractivity contribution is 7.91. The summed E-state index contributed by atoms with van der Waals surface area (Å²) in [5, 5.41) is 1.28. The largest absolute Gasteiger partial charge is 0.497 e. The summed E-state index contributed by atoms with van der Waals surface area (Å²) in [4.78, 5) is 63.8. The van der Waals surface area contributed by atoms with Crippen LogP contribution in [0.2, 0.25) is 0 Å². The number of allylic oxidation sites excluding steroid dienone is 2. The maximum atomic E-state index is 15.1. The third kappa shape index (κ3) is 10.6. The molecule has 2 aliphatic heterocycles. The fourth-order valence-corrected chi connectivity index (χ4v) is 11.0. The number of pyridine rings is 1. The summed E-state index contributed by atoms with van der Waals surface area (Å²) in [6, 6.07) is 13.2. The molecule has 2 amide bonds. The Morgan fingerprint density at radius 1 is 1.00 bits per heavy atom. The zero-order chi connectivity index (χ0) is 49.6. The molecule has 18 heteroatoms. The van der Waals surface area contributed by atoms with E-state index < -0.39 is 105 Å². The first-order valence-electron chi connectivity index (χ1n) is 23.2. The lowest BCUT2D eigenvalue weighted by Gasteiger charge is -2.33. The number of carbonyl (C=O) groups is 4. The van der Waals surface area contributed by atoms with E-state index in [9.17, 15) is 40.4 Å². The number of rotatable bonds is 13. The predicted molar refractivity (Wildman–Crippen MR) is 245 cm³/mol. The smallest absolute Gasteiger partial charge is 0.427 e. The fourth-order valence-electron chi connectivity index (χ4n) is 9.51. The molecule has 68 heavy (non-hydrogen) atoms. The number of ketones is 1. The van der Waals surface area contributed by atoms with E-state index in [4.69, 9.17) is 23.9 Å². The quantitative estimate of drug-likeness (QED) is 0.0988. The Morgan fingerprint density at radius 2 is 1.69 bits per heavy atom. The first-order valence-corrected chi connectivity index (χ1v) is 24.7. The van der Waals surface area contributed by atoms with Crippen LogP contribution in [-0.4, -0.2) is 97.0 Å². The first kappa shape index (κ1) is 50.6. The molecule has 3 fully saturated rings. The van der Waals surface area contributed by atoms with Crippen molar-refractivity contribution in [3.63, 3.8) is 0 Å². The molecule has 4 aliphatic rings. The minimum absolute atomic E-state index is 0.0400. The summed E-state index contributed by atoms with van der Waals surface area (Å²) in [6.07, 6.45) is -1.78. The Hall–Kier alpha value is -5.26. The fraction of sp³-hybridized carbons (Fsp3) is 0.580. The van der Waals surface area contributed by atoms with Crippen LogP contribution in [0.4, 0.5) is 17.6 Å². The molecule has 1 saturated heterocycles. The number of benzene rings is 2. The number of carbonyl (C=O) groups excluding carboxylic acids is 4. The molecule has 1 aromatic heterocycles. The minimum Gasteiger partial charge on any atom is -0.497 e. The Morgan fingerprint density at radius 3 is 2.32 bits per heavy atom. The lowest BCUT2D eigenvalue weighted by atomic mass is 9.82. The third-order valence-electron chi connectivity index (χ3n) is 14.1. The molecule has 0 radical (unpaired) electrons. The number of sulfonamides is 1. The highest BCUT2D eigenvalue weighted by Gasteiger charge is 2.63. The molecule has 2 aromatic carbocycles. The zero-order valence-corrected chi connectivity index (χ0v) is 40.3. The van der Waals surface area contributed by atoms with E-state index >= 15 is 4.79 Å². The van der Waals surface area contributed by atoms with Crippen molar-refractivity contribution in [2.24, 2.45) is 29.1 Å². The van der Waals surface area contributed by atoms with E-state index in [0.717, 1.165) is 19.4 Å². The highest BCUT2D eigenvalue weighted by atomic mass is 32.2. The van der Waals surface area contributed by atoms with Crippen LogP contribution < -0.4 is 18.9 Å². The Balaban J connectivity index is 1.26. The summed E-state index contributed by atoms with van der Waals surface area (Å²) >= 11 is 0. The number of amides is 2. The lowest BCUT2D eigenvalue weighted by molar-refractivity contribution is -0.257. The molecule has 0 unspecified atom stereocenters. The van der Waals surface area contributed by atoms with Crippen LogP contribution in [0.3, 0.4) is 0 Å². The molecular formula is C50H61F4N3O10S. The molecule has 7 rings (SSSR count). The SMILES string of the molecule is COc1ccc2c(O[C@@H]3C[C@H]4C(=O)C[C@]5(C(=O)NS(=O)(=O)C6(CF)CC6)C[C@H]5/C=C\CC[C@@H](C)C[C@@H](C)[C@H](CC(=O)OC(C)(C)C(F)(F)F)C(=O)N4C3)nc(-c3ccc(OC(C)C)cc3)cc2c1. The number of nitrogens with one attached hydrogen (secondary N) is 1. The second-order valence-electron chi connectivity index (χ2n) is 20.1. The number of fused-ring (bicyclic) bond motifs is 3. The Kier molecular flexibility index (Phi) is 14.3. The second-order valence-corrected chi connectivity index (χ2v) is 22.1.